The molecule has 0 radical (unpaired) electrons. The minimum absolute atomic E-state index is 1.04. The summed E-state index contributed by atoms with van der Waals surface area (Å²) in [6.07, 6.45) is 0. The average molecular weight is 408 g/mol. The van der Waals surface area contributed by atoms with Gasteiger partial charge in [0.25, 0.3) is 0 Å². The summed E-state index contributed by atoms with van der Waals surface area (Å²) in [5, 5.41) is 4.24. The summed E-state index contributed by atoms with van der Waals surface area (Å²) in [6, 6.07) is 23.6. The lowest BCUT2D eigenvalue weighted by molar-refractivity contribution is 1.35. The zero-order chi connectivity index (χ0) is 17.3. The van der Waals surface area contributed by atoms with Crippen molar-refractivity contribution in [3.63, 3.8) is 0 Å². The Labute approximate surface area is 167 Å². The molecular formula is C21H13NS4. The van der Waals surface area contributed by atoms with Crippen LogP contribution >= 0.6 is 45.3 Å². The van der Waals surface area contributed by atoms with E-state index in [1.54, 1.807) is 45.3 Å². The summed E-state index contributed by atoms with van der Waals surface area (Å²) in [6.45, 7) is 0. The molecule has 5 heterocycles. The first-order valence-corrected chi connectivity index (χ1v) is 11.5. The van der Waals surface area contributed by atoms with E-state index in [1.807, 2.05) is 0 Å². The molecule has 26 heavy (non-hydrogen) atoms. The van der Waals surface area contributed by atoms with Crippen molar-refractivity contribution in [1.82, 2.24) is 4.98 Å². The Kier molecular flexibility index (Phi) is 4.30. The molecule has 0 aliphatic heterocycles. The van der Waals surface area contributed by atoms with Crippen LogP contribution < -0.4 is 0 Å². The molecule has 0 amide bonds. The van der Waals surface area contributed by atoms with E-state index in [0.717, 1.165) is 11.4 Å². The fourth-order valence-corrected chi connectivity index (χ4v) is 6.38. The maximum atomic E-state index is 4.93. The molecule has 5 rings (SSSR count). The summed E-state index contributed by atoms with van der Waals surface area (Å²) in [5.74, 6) is 0. The van der Waals surface area contributed by atoms with Gasteiger partial charge in [0.05, 0.1) is 21.1 Å². The Morgan fingerprint density at radius 3 is 1.42 bits per heavy atom. The monoisotopic (exact) mass is 407 g/mol. The summed E-state index contributed by atoms with van der Waals surface area (Å²) in [7, 11) is 0. The number of aromatic nitrogens is 1. The predicted octanol–water partition coefficient (Wildman–Crippen LogP) is 8.00. The van der Waals surface area contributed by atoms with E-state index in [9.17, 15) is 0 Å². The van der Waals surface area contributed by atoms with Gasteiger partial charge in [-0.25, -0.2) is 4.98 Å². The van der Waals surface area contributed by atoms with Gasteiger partial charge in [-0.05, 0) is 59.3 Å². The van der Waals surface area contributed by atoms with Crippen molar-refractivity contribution in [3.05, 3.63) is 77.5 Å². The largest absolute Gasteiger partial charge is 0.246 e. The van der Waals surface area contributed by atoms with Crippen LogP contribution in [-0.2, 0) is 0 Å². The number of nitrogens with zero attached hydrogens (tertiary/aromatic N) is 1. The zero-order valence-corrected chi connectivity index (χ0v) is 16.9. The van der Waals surface area contributed by atoms with E-state index in [-0.39, 0.29) is 0 Å². The van der Waals surface area contributed by atoms with Crippen molar-refractivity contribution in [2.45, 2.75) is 0 Å². The van der Waals surface area contributed by atoms with E-state index in [1.165, 1.54) is 29.3 Å². The van der Waals surface area contributed by atoms with Crippen molar-refractivity contribution >= 4 is 45.3 Å². The molecule has 0 saturated heterocycles. The van der Waals surface area contributed by atoms with E-state index in [4.69, 9.17) is 4.98 Å². The highest BCUT2D eigenvalue weighted by molar-refractivity contribution is 7.23. The smallest absolute Gasteiger partial charge is 0.0809 e. The fourth-order valence-electron chi connectivity index (χ4n) is 2.76. The van der Waals surface area contributed by atoms with Crippen LogP contribution in [0.25, 0.3) is 40.7 Å². The third kappa shape index (κ3) is 3.08. The number of hydrogen-bond donors (Lipinski definition) is 0. The third-order valence-corrected chi connectivity index (χ3v) is 8.34. The van der Waals surface area contributed by atoms with Gasteiger partial charge in [-0.1, -0.05) is 18.2 Å². The highest BCUT2D eigenvalue weighted by Gasteiger charge is 2.10. The highest BCUT2D eigenvalue weighted by Crippen LogP contribution is 2.38. The van der Waals surface area contributed by atoms with Gasteiger partial charge in [-0.15, -0.1) is 45.3 Å². The minimum Gasteiger partial charge on any atom is -0.246 e. The van der Waals surface area contributed by atoms with E-state index >= 15 is 0 Å². The van der Waals surface area contributed by atoms with Crippen LogP contribution in [0.5, 0.6) is 0 Å². The molecule has 5 aromatic heterocycles. The fraction of sp³-hybridized carbons (Fsp3) is 0. The van der Waals surface area contributed by atoms with Crippen molar-refractivity contribution in [2.75, 3.05) is 0 Å². The Balaban J connectivity index is 1.48. The average Bonchev–Trinajstić information content (AvgIpc) is 3.49. The maximum Gasteiger partial charge on any atom is 0.0809 e. The Morgan fingerprint density at radius 2 is 0.962 bits per heavy atom. The second kappa shape index (κ2) is 6.93. The van der Waals surface area contributed by atoms with Gasteiger partial charge in [-0.2, -0.15) is 0 Å². The predicted molar refractivity (Wildman–Crippen MR) is 117 cm³/mol. The maximum absolute atomic E-state index is 4.93. The van der Waals surface area contributed by atoms with Crippen molar-refractivity contribution in [1.29, 1.82) is 0 Å². The van der Waals surface area contributed by atoms with E-state index < -0.39 is 0 Å². The third-order valence-electron chi connectivity index (χ3n) is 3.99. The molecule has 126 valence electrons. The Bertz CT molecular complexity index is 1040. The molecule has 0 fully saturated rings. The van der Waals surface area contributed by atoms with Crippen LogP contribution in [0.1, 0.15) is 0 Å². The lowest BCUT2D eigenvalue weighted by atomic mass is 10.2. The molecule has 5 heteroatoms. The standard InChI is InChI=1S/C21H13NS4/c1-4-14(16-8-10-20(25-16)18-6-2-12-23-18)22-15(5-1)17-9-11-21(26-17)19-7-3-13-24-19/h1-13H. The quantitative estimate of drug-likeness (QED) is 0.294. The first-order chi connectivity index (χ1) is 12.9. The molecule has 0 aliphatic carbocycles. The zero-order valence-electron chi connectivity index (χ0n) is 13.6. The molecule has 0 saturated carbocycles. The molecule has 0 bridgehead atoms. The number of hydrogen-bond acceptors (Lipinski definition) is 5. The molecule has 0 spiro atoms. The van der Waals surface area contributed by atoms with Gasteiger partial charge in [0.2, 0.25) is 0 Å². The van der Waals surface area contributed by atoms with Crippen LogP contribution in [0.2, 0.25) is 0 Å². The topological polar surface area (TPSA) is 12.9 Å². The van der Waals surface area contributed by atoms with Crippen molar-refractivity contribution in [3.8, 4) is 40.7 Å². The summed E-state index contributed by atoms with van der Waals surface area (Å²) in [4.78, 5) is 12.6. The normalized spacial score (nSPS) is 11.1. The first-order valence-electron chi connectivity index (χ1n) is 8.12. The van der Waals surface area contributed by atoms with Gasteiger partial charge in [0, 0.05) is 19.5 Å². The van der Waals surface area contributed by atoms with Crippen LogP contribution in [0.4, 0.5) is 0 Å². The Morgan fingerprint density at radius 1 is 0.462 bits per heavy atom. The number of thiophene rings is 4. The van der Waals surface area contributed by atoms with Gasteiger partial charge in [0.1, 0.15) is 0 Å². The summed E-state index contributed by atoms with van der Waals surface area (Å²) >= 11 is 7.16. The van der Waals surface area contributed by atoms with Gasteiger partial charge < -0.3 is 0 Å². The van der Waals surface area contributed by atoms with Gasteiger partial charge in [0.15, 0.2) is 0 Å². The molecule has 0 atom stereocenters. The second-order valence-corrected chi connectivity index (χ2v) is 9.75. The SMILES string of the molecule is c1cc(-c2ccc(-c3cccs3)s2)nc(-c2ccc(-c3cccs3)s2)c1. The van der Waals surface area contributed by atoms with Crippen molar-refractivity contribution < 1.29 is 0 Å². The van der Waals surface area contributed by atoms with E-state index in [2.05, 4.69) is 77.5 Å². The molecular weight excluding hydrogens is 395 g/mol. The lowest BCUT2D eigenvalue weighted by Gasteiger charge is -2.01. The first kappa shape index (κ1) is 16.1. The van der Waals surface area contributed by atoms with E-state index in [0.29, 0.717) is 0 Å². The second-order valence-electron chi connectivity index (χ2n) is 5.69. The van der Waals surface area contributed by atoms with Crippen LogP contribution in [-0.4, -0.2) is 4.98 Å². The summed E-state index contributed by atoms with van der Waals surface area (Å²) < 4.78 is 0. The highest BCUT2D eigenvalue weighted by atomic mass is 32.1. The lowest BCUT2D eigenvalue weighted by Crippen LogP contribution is -1.83. The van der Waals surface area contributed by atoms with Crippen molar-refractivity contribution in [2.24, 2.45) is 0 Å². The molecule has 0 aromatic carbocycles. The number of pyridine rings is 1. The van der Waals surface area contributed by atoms with Crippen LogP contribution in [0.15, 0.2) is 77.5 Å². The minimum atomic E-state index is 1.04. The van der Waals surface area contributed by atoms with Gasteiger partial charge >= 0.3 is 0 Å². The molecule has 0 N–H and O–H groups in total. The molecule has 5 aromatic rings. The Hall–Kier alpha value is -2.05. The molecule has 0 aliphatic rings. The van der Waals surface area contributed by atoms with Crippen LogP contribution in [0.3, 0.4) is 0 Å². The number of rotatable bonds is 4. The molecule has 0 unspecified atom stereocenters. The summed E-state index contributed by atoms with van der Waals surface area (Å²) in [5.41, 5.74) is 2.09. The van der Waals surface area contributed by atoms with Gasteiger partial charge in [-0.3, -0.25) is 0 Å². The molecule has 1 nitrogen and oxygen atoms in total. The van der Waals surface area contributed by atoms with Crippen LogP contribution in [0, 0.1) is 0 Å².